The molecule has 0 spiro atoms. The Labute approximate surface area is 225 Å². The number of likely N-dealkylation sites (tertiary alicyclic amines) is 1. The first-order chi connectivity index (χ1) is 17.5. The van der Waals surface area contributed by atoms with Crippen molar-refractivity contribution in [3.8, 4) is 6.07 Å². The van der Waals surface area contributed by atoms with E-state index in [0.717, 1.165) is 19.3 Å². The SMILES string of the molecule is CC(C)(C)C.N#CC1CC(C(=O)Nc2ccccc2)CN1C(=O)CNC(=O)C(CC1CC1)NSC1CC1. The first kappa shape index (κ1) is 29.0. The van der Waals surface area contributed by atoms with Gasteiger partial charge in [0.1, 0.15) is 6.04 Å². The molecular formula is C28H41N5O3S. The number of anilines is 1. The van der Waals surface area contributed by atoms with E-state index in [2.05, 4.69) is 49.1 Å². The maximum atomic E-state index is 12.8. The van der Waals surface area contributed by atoms with Gasteiger partial charge >= 0.3 is 0 Å². The van der Waals surface area contributed by atoms with Gasteiger partial charge in [0.25, 0.3) is 0 Å². The predicted molar refractivity (Wildman–Crippen MR) is 147 cm³/mol. The summed E-state index contributed by atoms with van der Waals surface area (Å²) in [6.45, 7) is 8.76. The van der Waals surface area contributed by atoms with Crippen molar-refractivity contribution in [3.05, 3.63) is 30.3 Å². The zero-order valence-corrected chi connectivity index (χ0v) is 23.3. The Kier molecular flexibility index (Phi) is 10.4. The van der Waals surface area contributed by atoms with Gasteiger partial charge < -0.3 is 15.5 Å². The number of nitriles is 1. The lowest BCUT2D eigenvalue weighted by Gasteiger charge is -2.22. The molecule has 8 nitrogen and oxygen atoms in total. The number of carbonyl (C=O) groups excluding carboxylic acids is 3. The Morgan fingerprint density at radius 3 is 2.32 bits per heavy atom. The molecule has 0 aromatic heterocycles. The molecule has 37 heavy (non-hydrogen) atoms. The fraction of sp³-hybridized carbons (Fsp3) is 0.643. The predicted octanol–water partition coefficient (Wildman–Crippen LogP) is 4.10. The molecule has 3 amide bonds. The first-order valence-corrected chi connectivity index (χ1v) is 14.2. The zero-order chi connectivity index (χ0) is 27.0. The highest BCUT2D eigenvalue weighted by atomic mass is 32.2. The Morgan fingerprint density at radius 1 is 1.11 bits per heavy atom. The molecule has 1 heterocycles. The third kappa shape index (κ3) is 10.7. The summed E-state index contributed by atoms with van der Waals surface area (Å²) < 4.78 is 3.29. The lowest BCUT2D eigenvalue weighted by Crippen LogP contribution is -2.47. The highest BCUT2D eigenvalue weighted by Gasteiger charge is 2.39. The molecule has 0 radical (unpaired) electrons. The fourth-order valence-electron chi connectivity index (χ4n) is 3.84. The smallest absolute Gasteiger partial charge is 0.243 e. The van der Waals surface area contributed by atoms with Gasteiger partial charge in [0.05, 0.1) is 24.6 Å². The second-order valence-electron chi connectivity index (χ2n) is 11.9. The number of nitrogens with one attached hydrogen (secondary N) is 3. The van der Waals surface area contributed by atoms with E-state index >= 15 is 0 Å². The van der Waals surface area contributed by atoms with Crippen LogP contribution in [-0.2, 0) is 14.4 Å². The second-order valence-corrected chi connectivity index (χ2v) is 13.0. The third-order valence-electron chi connectivity index (χ3n) is 6.08. The first-order valence-electron chi connectivity index (χ1n) is 13.3. The average Bonchev–Trinajstić information content (AvgIpc) is 3.78. The van der Waals surface area contributed by atoms with E-state index in [1.807, 2.05) is 18.2 Å². The van der Waals surface area contributed by atoms with Crippen molar-refractivity contribution in [1.29, 1.82) is 5.26 Å². The van der Waals surface area contributed by atoms with Crippen LogP contribution < -0.4 is 15.4 Å². The highest BCUT2D eigenvalue weighted by molar-refractivity contribution is 7.98. The largest absolute Gasteiger partial charge is 0.346 e. The van der Waals surface area contributed by atoms with Crippen LogP contribution in [0.2, 0.25) is 0 Å². The molecule has 1 aromatic rings. The summed E-state index contributed by atoms with van der Waals surface area (Å²) in [5.41, 5.74) is 1.18. The van der Waals surface area contributed by atoms with Crippen LogP contribution in [0, 0.1) is 28.6 Å². The minimum Gasteiger partial charge on any atom is -0.346 e. The molecule has 0 bridgehead atoms. The molecule has 3 fully saturated rings. The summed E-state index contributed by atoms with van der Waals surface area (Å²) >= 11 is 1.62. The molecule has 4 rings (SSSR count). The monoisotopic (exact) mass is 527 g/mol. The number of amides is 3. The summed E-state index contributed by atoms with van der Waals surface area (Å²) in [5, 5.41) is 15.7. The number of hydrogen-bond donors (Lipinski definition) is 3. The number of carbonyl (C=O) groups is 3. The van der Waals surface area contributed by atoms with Gasteiger partial charge in [-0.1, -0.05) is 70.7 Å². The highest BCUT2D eigenvalue weighted by Crippen LogP contribution is 2.36. The van der Waals surface area contributed by atoms with E-state index in [9.17, 15) is 19.6 Å². The molecule has 2 aliphatic carbocycles. The van der Waals surface area contributed by atoms with E-state index in [1.165, 1.54) is 17.7 Å². The molecule has 1 aliphatic heterocycles. The van der Waals surface area contributed by atoms with Crippen LogP contribution in [0.25, 0.3) is 0 Å². The van der Waals surface area contributed by atoms with Gasteiger partial charge in [-0.2, -0.15) is 5.26 Å². The van der Waals surface area contributed by atoms with E-state index in [0.29, 0.717) is 28.7 Å². The summed E-state index contributed by atoms with van der Waals surface area (Å²) in [6, 6.07) is 10.2. The Hall–Kier alpha value is -2.57. The maximum Gasteiger partial charge on any atom is 0.243 e. The quantitative estimate of drug-likeness (QED) is 0.395. The fourth-order valence-corrected chi connectivity index (χ4v) is 4.77. The molecular weight excluding hydrogens is 486 g/mol. The minimum absolute atomic E-state index is 0.166. The lowest BCUT2D eigenvalue weighted by atomic mass is 10.0. The van der Waals surface area contributed by atoms with Crippen molar-refractivity contribution >= 4 is 35.4 Å². The molecule has 3 atom stereocenters. The number of hydrogen-bond acceptors (Lipinski definition) is 6. The maximum absolute atomic E-state index is 12.8. The van der Waals surface area contributed by atoms with E-state index in [-0.39, 0.29) is 36.9 Å². The topological polar surface area (TPSA) is 114 Å². The van der Waals surface area contributed by atoms with E-state index in [4.69, 9.17) is 0 Å². The molecule has 1 aromatic carbocycles. The Balaban J connectivity index is 0.000000695. The number of nitrogens with zero attached hydrogens (tertiary/aromatic N) is 2. The van der Waals surface area contributed by atoms with Gasteiger partial charge in [0, 0.05) is 17.5 Å². The number of rotatable bonds is 10. The van der Waals surface area contributed by atoms with Crippen LogP contribution in [0.5, 0.6) is 0 Å². The van der Waals surface area contributed by atoms with Crippen molar-refractivity contribution in [3.63, 3.8) is 0 Å². The lowest BCUT2D eigenvalue weighted by molar-refractivity contribution is -0.133. The van der Waals surface area contributed by atoms with Crippen molar-refractivity contribution in [2.45, 2.75) is 83.6 Å². The van der Waals surface area contributed by atoms with Gasteiger partial charge in [-0.3, -0.25) is 19.1 Å². The summed E-state index contributed by atoms with van der Waals surface area (Å²) in [5.74, 6) is -0.594. The van der Waals surface area contributed by atoms with Crippen LogP contribution in [0.1, 0.15) is 66.2 Å². The molecule has 3 unspecified atom stereocenters. The van der Waals surface area contributed by atoms with Gasteiger partial charge in [-0.25, -0.2) is 0 Å². The van der Waals surface area contributed by atoms with Crippen molar-refractivity contribution in [2.24, 2.45) is 17.3 Å². The molecule has 9 heteroatoms. The van der Waals surface area contributed by atoms with Crippen LogP contribution in [-0.4, -0.2) is 53.0 Å². The molecule has 3 aliphatic rings. The summed E-state index contributed by atoms with van der Waals surface area (Å²) in [4.78, 5) is 39.5. The zero-order valence-electron chi connectivity index (χ0n) is 22.5. The summed E-state index contributed by atoms with van der Waals surface area (Å²) in [7, 11) is 0. The molecule has 1 saturated heterocycles. The van der Waals surface area contributed by atoms with Crippen molar-refractivity contribution in [2.75, 3.05) is 18.4 Å². The normalized spacial score (nSPS) is 21.8. The molecule has 2 saturated carbocycles. The van der Waals surface area contributed by atoms with Crippen LogP contribution in [0.15, 0.2) is 30.3 Å². The van der Waals surface area contributed by atoms with Crippen LogP contribution in [0.3, 0.4) is 0 Å². The van der Waals surface area contributed by atoms with E-state index in [1.54, 1.807) is 24.1 Å². The average molecular weight is 528 g/mol. The van der Waals surface area contributed by atoms with Crippen LogP contribution in [0.4, 0.5) is 5.69 Å². The van der Waals surface area contributed by atoms with Crippen molar-refractivity contribution in [1.82, 2.24) is 14.9 Å². The van der Waals surface area contributed by atoms with Crippen LogP contribution >= 0.6 is 11.9 Å². The standard InChI is InChI=1S/C23H29N5O3S.C5H12/c24-12-18-11-16(22(30)26-17-4-2-1-3-5-17)14-28(18)21(29)13-25-23(31)20(10-15-6-7-15)27-32-19-8-9-19;1-5(2,3)4/h1-5,15-16,18-20,27H,6-11,13-14H2,(H,25,31)(H,26,30);1-4H3. The third-order valence-corrected chi connectivity index (χ3v) is 7.31. The summed E-state index contributed by atoms with van der Waals surface area (Å²) in [6.07, 6.45) is 5.74. The minimum atomic E-state index is -0.670. The second kappa shape index (κ2) is 13.3. The number of para-hydroxylation sites is 1. The van der Waals surface area contributed by atoms with E-state index < -0.39 is 12.0 Å². The Bertz CT molecular complexity index is 960. The molecule has 202 valence electrons. The van der Waals surface area contributed by atoms with Crippen molar-refractivity contribution < 1.29 is 14.4 Å². The van der Waals surface area contributed by atoms with Gasteiger partial charge in [0.2, 0.25) is 17.7 Å². The Morgan fingerprint density at radius 2 is 1.76 bits per heavy atom. The van der Waals surface area contributed by atoms with Gasteiger partial charge in [-0.05, 0) is 49.1 Å². The van der Waals surface area contributed by atoms with Gasteiger partial charge in [-0.15, -0.1) is 0 Å². The number of benzene rings is 1. The molecule has 3 N–H and O–H groups in total. The van der Waals surface area contributed by atoms with Gasteiger partial charge in [0.15, 0.2) is 0 Å².